The van der Waals surface area contributed by atoms with Crippen LogP contribution in [-0.4, -0.2) is 24.6 Å². The number of halogens is 1. The van der Waals surface area contributed by atoms with Gasteiger partial charge < -0.3 is 10.5 Å². The van der Waals surface area contributed by atoms with Gasteiger partial charge >= 0.3 is 0 Å². The fourth-order valence-electron chi connectivity index (χ4n) is 2.83. The van der Waals surface area contributed by atoms with Gasteiger partial charge in [-0.2, -0.15) is 0 Å². The molecule has 1 unspecified atom stereocenters. The zero-order valence-electron chi connectivity index (χ0n) is 9.95. The van der Waals surface area contributed by atoms with E-state index in [-0.39, 0.29) is 11.9 Å². The molecule has 1 atom stereocenters. The Hall–Kier alpha value is -1.13. The van der Waals surface area contributed by atoms with Crippen LogP contribution in [0.1, 0.15) is 30.0 Å². The Morgan fingerprint density at radius 3 is 2.82 bits per heavy atom. The van der Waals surface area contributed by atoms with E-state index in [0.717, 1.165) is 23.4 Å². The second-order valence-electron chi connectivity index (χ2n) is 4.80. The predicted molar refractivity (Wildman–Crippen MR) is 63.3 cm³/mol. The number of benzene rings is 1. The highest BCUT2D eigenvalue weighted by Crippen LogP contribution is 2.45. The lowest BCUT2D eigenvalue weighted by Crippen LogP contribution is -2.30. The third kappa shape index (κ3) is 1.63. The summed E-state index contributed by atoms with van der Waals surface area (Å²) in [5.41, 5.74) is 7.55. The quantitative estimate of drug-likeness (QED) is 0.870. The maximum absolute atomic E-state index is 14.0. The molecule has 2 N–H and O–H groups in total. The lowest BCUT2D eigenvalue weighted by atomic mass is 10.0. The Bertz CT molecular complexity index is 445. The molecule has 92 valence electrons. The highest BCUT2D eigenvalue weighted by Gasteiger charge is 2.41. The van der Waals surface area contributed by atoms with Crippen molar-refractivity contribution in [3.63, 3.8) is 0 Å². The number of hydrogen-bond donors (Lipinski definition) is 1. The SMILES string of the molecule is COc1ccc(F)c2c1CN(C1CC1)C2CN. The minimum absolute atomic E-state index is 0.0209. The first-order valence-electron chi connectivity index (χ1n) is 6.07. The number of ether oxygens (including phenoxy) is 1. The molecule has 0 radical (unpaired) electrons. The molecule has 3 nitrogen and oxygen atoms in total. The lowest BCUT2D eigenvalue weighted by Gasteiger charge is -2.23. The molecule has 0 spiro atoms. The molecule has 2 aliphatic rings. The molecule has 0 saturated heterocycles. The smallest absolute Gasteiger partial charge is 0.128 e. The highest BCUT2D eigenvalue weighted by atomic mass is 19.1. The van der Waals surface area contributed by atoms with Gasteiger partial charge in [0.25, 0.3) is 0 Å². The first kappa shape index (κ1) is 11.0. The molecule has 0 amide bonds. The van der Waals surface area contributed by atoms with E-state index < -0.39 is 0 Å². The van der Waals surface area contributed by atoms with E-state index in [2.05, 4.69) is 4.90 Å². The molecule has 1 saturated carbocycles. The van der Waals surface area contributed by atoms with Crippen LogP contribution in [-0.2, 0) is 6.54 Å². The summed E-state index contributed by atoms with van der Waals surface area (Å²) in [6.07, 6.45) is 2.41. The summed E-state index contributed by atoms with van der Waals surface area (Å²) in [4.78, 5) is 2.32. The molecule has 1 fully saturated rings. The monoisotopic (exact) mass is 236 g/mol. The van der Waals surface area contributed by atoms with Gasteiger partial charge in [0.2, 0.25) is 0 Å². The molecule has 3 rings (SSSR count). The van der Waals surface area contributed by atoms with E-state index in [1.54, 1.807) is 13.2 Å². The Morgan fingerprint density at radius 1 is 1.47 bits per heavy atom. The van der Waals surface area contributed by atoms with Crippen LogP contribution in [0.5, 0.6) is 5.75 Å². The fourth-order valence-corrected chi connectivity index (χ4v) is 2.83. The number of rotatable bonds is 3. The van der Waals surface area contributed by atoms with Gasteiger partial charge in [-0.05, 0) is 25.0 Å². The van der Waals surface area contributed by atoms with Crippen LogP contribution in [0.2, 0.25) is 0 Å². The van der Waals surface area contributed by atoms with Crippen LogP contribution in [0.3, 0.4) is 0 Å². The van der Waals surface area contributed by atoms with Gasteiger partial charge in [-0.25, -0.2) is 4.39 Å². The minimum atomic E-state index is -0.153. The number of methoxy groups -OCH3 is 1. The van der Waals surface area contributed by atoms with Crippen molar-refractivity contribution < 1.29 is 9.13 Å². The van der Waals surface area contributed by atoms with Crippen LogP contribution < -0.4 is 10.5 Å². The van der Waals surface area contributed by atoms with E-state index in [0.29, 0.717) is 12.6 Å². The summed E-state index contributed by atoms with van der Waals surface area (Å²) in [6.45, 7) is 1.23. The van der Waals surface area contributed by atoms with Gasteiger partial charge in [-0.3, -0.25) is 4.90 Å². The summed E-state index contributed by atoms with van der Waals surface area (Å²) in [5.74, 6) is 0.627. The normalized spacial score (nSPS) is 23.8. The molecule has 17 heavy (non-hydrogen) atoms. The van der Waals surface area contributed by atoms with Crippen LogP contribution >= 0.6 is 0 Å². The van der Waals surface area contributed by atoms with Crippen LogP contribution in [0.25, 0.3) is 0 Å². The van der Waals surface area contributed by atoms with Gasteiger partial charge in [0.05, 0.1) is 13.2 Å². The van der Waals surface area contributed by atoms with E-state index in [9.17, 15) is 4.39 Å². The van der Waals surface area contributed by atoms with Gasteiger partial charge in [-0.1, -0.05) is 0 Å². The largest absolute Gasteiger partial charge is 0.496 e. The van der Waals surface area contributed by atoms with Crippen molar-refractivity contribution in [3.05, 3.63) is 29.1 Å². The summed E-state index contributed by atoms with van der Waals surface area (Å²) >= 11 is 0. The second-order valence-corrected chi connectivity index (χ2v) is 4.80. The van der Waals surface area contributed by atoms with E-state index in [4.69, 9.17) is 10.5 Å². The van der Waals surface area contributed by atoms with Crippen molar-refractivity contribution in [2.75, 3.05) is 13.7 Å². The first-order valence-corrected chi connectivity index (χ1v) is 6.07. The Morgan fingerprint density at radius 2 is 2.24 bits per heavy atom. The molecule has 4 heteroatoms. The van der Waals surface area contributed by atoms with Crippen molar-refractivity contribution in [3.8, 4) is 5.75 Å². The Labute approximate surface area is 100 Å². The average molecular weight is 236 g/mol. The predicted octanol–water partition coefficient (Wildman–Crippen LogP) is 1.81. The molecule has 0 bridgehead atoms. The van der Waals surface area contributed by atoms with E-state index >= 15 is 0 Å². The summed E-state index contributed by atoms with van der Waals surface area (Å²) in [7, 11) is 1.63. The molecule has 1 heterocycles. The highest BCUT2D eigenvalue weighted by molar-refractivity contribution is 5.46. The lowest BCUT2D eigenvalue weighted by molar-refractivity contribution is 0.206. The van der Waals surface area contributed by atoms with Crippen LogP contribution in [0.15, 0.2) is 12.1 Å². The number of hydrogen-bond acceptors (Lipinski definition) is 3. The molecule has 1 aliphatic heterocycles. The fraction of sp³-hybridized carbons (Fsp3) is 0.538. The third-order valence-electron chi connectivity index (χ3n) is 3.79. The molecule has 1 aromatic carbocycles. The molecular formula is C13H17FN2O. The van der Waals surface area contributed by atoms with Crippen molar-refractivity contribution in [2.45, 2.75) is 31.5 Å². The third-order valence-corrected chi connectivity index (χ3v) is 3.79. The molecule has 0 aromatic heterocycles. The first-order chi connectivity index (χ1) is 8.26. The van der Waals surface area contributed by atoms with Crippen molar-refractivity contribution in [2.24, 2.45) is 5.73 Å². The van der Waals surface area contributed by atoms with Crippen molar-refractivity contribution in [1.29, 1.82) is 0 Å². The summed E-state index contributed by atoms with van der Waals surface area (Å²) < 4.78 is 19.3. The minimum Gasteiger partial charge on any atom is -0.496 e. The number of nitrogens with zero attached hydrogens (tertiary/aromatic N) is 1. The molecular weight excluding hydrogens is 219 g/mol. The van der Waals surface area contributed by atoms with Crippen molar-refractivity contribution in [1.82, 2.24) is 4.90 Å². The maximum Gasteiger partial charge on any atom is 0.128 e. The molecule has 1 aromatic rings. The summed E-state index contributed by atoms with van der Waals surface area (Å²) in [5, 5.41) is 0. The Kier molecular flexibility index (Phi) is 2.56. The maximum atomic E-state index is 14.0. The van der Waals surface area contributed by atoms with Crippen LogP contribution in [0.4, 0.5) is 4.39 Å². The molecule has 1 aliphatic carbocycles. The second kappa shape index (κ2) is 3.96. The van der Waals surface area contributed by atoms with Gasteiger partial charge in [0.1, 0.15) is 11.6 Å². The zero-order valence-corrected chi connectivity index (χ0v) is 9.95. The van der Waals surface area contributed by atoms with E-state index in [1.165, 1.54) is 18.9 Å². The van der Waals surface area contributed by atoms with Gasteiger partial charge in [-0.15, -0.1) is 0 Å². The summed E-state index contributed by atoms with van der Waals surface area (Å²) in [6, 6.07) is 3.79. The van der Waals surface area contributed by atoms with Crippen LogP contribution in [0, 0.1) is 5.82 Å². The average Bonchev–Trinajstić information content (AvgIpc) is 3.10. The number of nitrogens with two attached hydrogens (primary N) is 1. The Balaban J connectivity index is 2.06. The topological polar surface area (TPSA) is 38.5 Å². The number of fused-ring (bicyclic) bond motifs is 1. The zero-order chi connectivity index (χ0) is 12.0. The van der Waals surface area contributed by atoms with Gasteiger partial charge in [0, 0.05) is 30.3 Å². The van der Waals surface area contributed by atoms with Crippen molar-refractivity contribution >= 4 is 0 Å². The van der Waals surface area contributed by atoms with E-state index in [1.807, 2.05) is 0 Å². The van der Waals surface area contributed by atoms with Gasteiger partial charge in [0.15, 0.2) is 0 Å². The standard InChI is InChI=1S/C13H17FN2O/c1-17-12-5-4-10(14)13-9(12)7-16(8-2-3-8)11(13)6-15/h4-5,8,11H,2-3,6-7,15H2,1H3.